The molecule has 0 radical (unpaired) electrons. The van der Waals surface area contributed by atoms with Crippen LogP contribution in [0.2, 0.25) is 0 Å². The van der Waals surface area contributed by atoms with E-state index in [9.17, 15) is 8.42 Å². The van der Waals surface area contributed by atoms with E-state index in [4.69, 9.17) is 0 Å². The molecule has 1 fully saturated rings. The molecule has 2 aromatic carbocycles. The van der Waals surface area contributed by atoms with Crippen LogP contribution in [0.4, 0.5) is 0 Å². The van der Waals surface area contributed by atoms with Crippen molar-refractivity contribution in [3.8, 4) is 0 Å². The lowest BCUT2D eigenvalue weighted by molar-refractivity contribution is 0.200. The fourth-order valence-electron chi connectivity index (χ4n) is 3.77. The number of para-hydroxylation sites is 2. The predicted molar refractivity (Wildman–Crippen MR) is 119 cm³/mol. The van der Waals surface area contributed by atoms with Crippen LogP contribution in [0, 0.1) is 0 Å². The van der Waals surface area contributed by atoms with Crippen molar-refractivity contribution >= 4 is 33.5 Å². The molecule has 1 aliphatic rings. The van der Waals surface area contributed by atoms with Crippen LogP contribution in [0.1, 0.15) is 18.4 Å². The molecule has 0 bridgehead atoms. The van der Waals surface area contributed by atoms with Gasteiger partial charge in [-0.15, -0.1) is 12.4 Å². The molecule has 6 nitrogen and oxygen atoms in total. The highest BCUT2D eigenvalue weighted by Crippen LogP contribution is 2.15. The van der Waals surface area contributed by atoms with Crippen molar-refractivity contribution in [2.75, 3.05) is 18.8 Å². The number of halogens is 1. The molecule has 0 amide bonds. The summed E-state index contributed by atoms with van der Waals surface area (Å²) in [6.45, 7) is 3.15. The molecule has 1 N–H and O–H groups in total. The molecule has 3 aromatic rings. The minimum Gasteiger partial charge on any atom is -0.330 e. The standard InChI is InChI=1S/C21H26N4O2S.ClH/c26-28(27,15-14-25-17-22-20-8-4-5-9-21(20)25)23-19-10-12-24(13-11-19)16-18-6-2-1-3-7-18;/h1-9,17,19,23H,10-16H2;1H. The first-order valence-corrected chi connectivity index (χ1v) is 11.4. The minimum absolute atomic E-state index is 0. The molecule has 8 heteroatoms. The average molecular weight is 435 g/mol. The van der Waals surface area contributed by atoms with E-state index in [1.165, 1.54) is 5.56 Å². The third-order valence-corrected chi connectivity index (χ3v) is 6.72. The summed E-state index contributed by atoms with van der Waals surface area (Å²) in [6, 6.07) is 18.2. The van der Waals surface area contributed by atoms with Gasteiger partial charge in [0.05, 0.1) is 23.1 Å². The third kappa shape index (κ3) is 5.79. The summed E-state index contributed by atoms with van der Waals surface area (Å²) in [7, 11) is -3.32. The quantitative estimate of drug-likeness (QED) is 0.620. The summed E-state index contributed by atoms with van der Waals surface area (Å²) in [5, 5.41) is 0. The summed E-state index contributed by atoms with van der Waals surface area (Å²) in [4.78, 5) is 6.71. The SMILES string of the molecule is Cl.O=S(=O)(CCn1cnc2ccccc21)NC1CCN(Cc2ccccc2)CC1. The summed E-state index contributed by atoms with van der Waals surface area (Å²) >= 11 is 0. The lowest BCUT2D eigenvalue weighted by Crippen LogP contribution is -2.45. The van der Waals surface area contributed by atoms with Crippen LogP contribution in [-0.4, -0.2) is 47.8 Å². The zero-order chi connectivity index (χ0) is 19.4. The van der Waals surface area contributed by atoms with Crippen molar-refractivity contribution in [3.63, 3.8) is 0 Å². The lowest BCUT2D eigenvalue weighted by atomic mass is 10.1. The number of imidazole rings is 1. The topological polar surface area (TPSA) is 67.2 Å². The van der Waals surface area contributed by atoms with Gasteiger partial charge in [0.1, 0.15) is 0 Å². The van der Waals surface area contributed by atoms with Crippen LogP contribution in [-0.2, 0) is 23.1 Å². The number of benzene rings is 2. The van der Waals surface area contributed by atoms with Gasteiger partial charge in [0, 0.05) is 32.2 Å². The molecule has 0 unspecified atom stereocenters. The van der Waals surface area contributed by atoms with Crippen LogP contribution in [0.3, 0.4) is 0 Å². The summed E-state index contributed by atoms with van der Waals surface area (Å²) in [5.41, 5.74) is 3.15. The minimum atomic E-state index is -3.32. The van der Waals surface area contributed by atoms with E-state index in [-0.39, 0.29) is 24.2 Å². The van der Waals surface area contributed by atoms with Crippen LogP contribution in [0.25, 0.3) is 11.0 Å². The molecule has 1 aliphatic heterocycles. The highest BCUT2D eigenvalue weighted by molar-refractivity contribution is 7.89. The summed E-state index contributed by atoms with van der Waals surface area (Å²) in [5.74, 6) is 0.0670. The molecule has 0 aliphatic carbocycles. The molecule has 29 heavy (non-hydrogen) atoms. The Morgan fingerprint density at radius 2 is 1.69 bits per heavy atom. The predicted octanol–water partition coefficient (Wildman–Crippen LogP) is 3.04. The molecule has 156 valence electrons. The second-order valence-corrected chi connectivity index (χ2v) is 9.27. The Bertz CT molecular complexity index is 1020. The smallest absolute Gasteiger partial charge is 0.213 e. The van der Waals surface area contributed by atoms with E-state index >= 15 is 0 Å². The maximum Gasteiger partial charge on any atom is 0.213 e. The second-order valence-electron chi connectivity index (χ2n) is 7.40. The molecule has 0 saturated carbocycles. The van der Waals surface area contributed by atoms with Crippen LogP contribution < -0.4 is 4.72 Å². The molecule has 0 spiro atoms. The van der Waals surface area contributed by atoms with Gasteiger partial charge in [-0.3, -0.25) is 4.90 Å². The van der Waals surface area contributed by atoms with Crippen molar-refractivity contribution < 1.29 is 8.42 Å². The number of hydrogen-bond donors (Lipinski definition) is 1. The maximum absolute atomic E-state index is 12.5. The number of sulfonamides is 1. The number of hydrogen-bond acceptors (Lipinski definition) is 4. The van der Waals surface area contributed by atoms with E-state index in [2.05, 4.69) is 38.9 Å². The van der Waals surface area contributed by atoms with Gasteiger partial charge in [0.2, 0.25) is 10.0 Å². The Hall–Kier alpha value is -1.93. The number of aryl methyl sites for hydroxylation is 1. The largest absolute Gasteiger partial charge is 0.330 e. The van der Waals surface area contributed by atoms with Crippen molar-refractivity contribution in [3.05, 3.63) is 66.5 Å². The van der Waals surface area contributed by atoms with E-state index < -0.39 is 10.0 Å². The van der Waals surface area contributed by atoms with Gasteiger partial charge >= 0.3 is 0 Å². The van der Waals surface area contributed by atoms with Crippen molar-refractivity contribution in [2.45, 2.75) is 32.0 Å². The van der Waals surface area contributed by atoms with E-state index in [0.717, 1.165) is 43.5 Å². The Morgan fingerprint density at radius 3 is 2.45 bits per heavy atom. The fraction of sp³-hybridized carbons (Fsp3) is 0.381. The number of nitrogens with one attached hydrogen (secondary N) is 1. The van der Waals surface area contributed by atoms with Gasteiger partial charge in [-0.2, -0.15) is 0 Å². The molecular formula is C21H27ClN4O2S. The van der Waals surface area contributed by atoms with Gasteiger partial charge < -0.3 is 4.57 Å². The molecular weight excluding hydrogens is 408 g/mol. The first-order chi connectivity index (χ1) is 13.6. The van der Waals surface area contributed by atoms with Gasteiger partial charge in [0.15, 0.2) is 0 Å². The van der Waals surface area contributed by atoms with Crippen molar-refractivity contribution in [1.29, 1.82) is 0 Å². The van der Waals surface area contributed by atoms with Crippen molar-refractivity contribution in [2.24, 2.45) is 0 Å². The zero-order valence-corrected chi connectivity index (χ0v) is 17.9. The second kappa shape index (κ2) is 9.71. The average Bonchev–Trinajstić information content (AvgIpc) is 3.12. The number of aromatic nitrogens is 2. The number of likely N-dealkylation sites (tertiary alicyclic amines) is 1. The maximum atomic E-state index is 12.5. The zero-order valence-electron chi connectivity index (χ0n) is 16.3. The van der Waals surface area contributed by atoms with Gasteiger partial charge in [-0.25, -0.2) is 18.1 Å². The highest BCUT2D eigenvalue weighted by Gasteiger charge is 2.23. The molecule has 4 rings (SSSR count). The fourth-order valence-corrected chi connectivity index (χ4v) is 5.07. The van der Waals surface area contributed by atoms with Crippen LogP contribution in [0.5, 0.6) is 0 Å². The third-order valence-electron chi connectivity index (χ3n) is 5.31. The van der Waals surface area contributed by atoms with E-state index in [1.54, 1.807) is 6.33 Å². The first-order valence-electron chi connectivity index (χ1n) is 9.75. The molecule has 2 heterocycles. The Kier molecular flexibility index (Phi) is 7.29. The number of piperidine rings is 1. The van der Waals surface area contributed by atoms with Gasteiger partial charge in [-0.05, 0) is 30.5 Å². The molecule has 1 aromatic heterocycles. The van der Waals surface area contributed by atoms with E-state index in [1.807, 2.05) is 34.9 Å². The molecule has 1 saturated heterocycles. The highest BCUT2D eigenvalue weighted by atomic mass is 35.5. The van der Waals surface area contributed by atoms with Crippen LogP contribution in [0.15, 0.2) is 60.9 Å². The molecule has 0 atom stereocenters. The number of fused-ring (bicyclic) bond motifs is 1. The number of rotatable bonds is 7. The van der Waals surface area contributed by atoms with E-state index in [0.29, 0.717) is 6.54 Å². The summed E-state index contributed by atoms with van der Waals surface area (Å²) < 4.78 is 29.9. The first kappa shape index (κ1) is 21.8. The Morgan fingerprint density at radius 1 is 1.00 bits per heavy atom. The van der Waals surface area contributed by atoms with Gasteiger partial charge in [-0.1, -0.05) is 42.5 Å². The monoisotopic (exact) mass is 434 g/mol. The number of nitrogens with zero attached hydrogens (tertiary/aromatic N) is 3. The van der Waals surface area contributed by atoms with Gasteiger partial charge in [0.25, 0.3) is 0 Å². The lowest BCUT2D eigenvalue weighted by Gasteiger charge is -2.32. The van der Waals surface area contributed by atoms with Crippen molar-refractivity contribution in [1.82, 2.24) is 19.2 Å². The Labute approximate surface area is 178 Å². The Balaban J connectivity index is 0.00000240. The van der Waals surface area contributed by atoms with Crippen LogP contribution >= 0.6 is 12.4 Å². The normalized spacial score (nSPS) is 16.0. The summed E-state index contributed by atoms with van der Waals surface area (Å²) in [6.07, 6.45) is 3.41.